The van der Waals surface area contributed by atoms with Gasteiger partial charge in [0.05, 0.1) is 12.1 Å². The van der Waals surface area contributed by atoms with Gasteiger partial charge < -0.3 is 10.5 Å². The monoisotopic (exact) mass is 211 g/mol. The zero-order valence-corrected chi connectivity index (χ0v) is 8.97. The molecule has 1 aliphatic carbocycles. The molecule has 76 valence electrons. The van der Waals surface area contributed by atoms with Crippen molar-refractivity contribution in [2.24, 2.45) is 5.73 Å². The predicted octanol–water partition coefficient (Wildman–Crippen LogP) is 2.69. The summed E-state index contributed by atoms with van der Waals surface area (Å²) in [6, 6.07) is 5.75. The molecule has 1 fully saturated rings. The maximum atomic E-state index is 6.23. The van der Waals surface area contributed by atoms with E-state index in [0.717, 1.165) is 24.2 Å². The van der Waals surface area contributed by atoms with Crippen LogP contribution in [0.3, 0.4) is 0 Å². The Labute approximate surface area is 89.0 Å². The molecule has 14 heavy (non-hydrogen) atoms. The van der Waals surface area contributed by atoms with Crippen molar-refractivity contribution in [3.8, 4) is 5.75 Å². The van der Waals surface area contributed by atoms with Crippen molar-refractivity contribution in [1.29, 1.82) is 0 Å². The molecule has 2 N–H and O–H groups in total. The van der Waals surface area contributed by atoms with Gasteiger partial charge in [0.2, 0.25) is 0 Å². The van der Waals surface area contributed by atoms with Crippen LogP contribution in [0.1, 0.15) is 24.8 Å². The molecule has 2 rings (SSSR count). The Balaban J connectivity index is 2.46. The molecule has 2 nitrogen and oxygen atoms in total. The van der Waals surface area contributed by atoms with Gasteiger partial charge in [0.15, 0.2) is 0 Å². The van der Waals surface area contributed by atoms with Crippen LogP contribution in [0.15, 0.2) is 18.2 Å². The highest BCUT2D eigenvalue weighted by atomic mass is 35.5. The van der Waals surface area contributed by atoms with Gasteiger partial charge in [0, 0.05) is 11.1 Å². The van der Waals surface area contributed by atoms with E-state index in [1.54, 1.807) is 7.11 Å². The third kappa shape index (κ3) is 1.39. The summed E-state index contributed by atoms with van der Waals surface area (Å²) >= 11 is 6.04. The summed E-state index contributed by atoms with van der Waals surface area (Å²) in [5.74, 6) is 0.733. The summed E-state index contributed by atoms with van der Waals surface area (Å²) in [6.07, 6.45) is 3.22. The fourth-order valence-electron chi connectivity index (χ4n) is 1.94. The van der Waals surface area contributed by atoms with Crippen molar-refractivity contribution < 1.29 is 4.74 Å². The van der Waals surface area contributed by atoms with E-state index in [1.807, 2.05) is 18.2 Å². The quantitative estimate of drug-likeness (QED) is 0.817. The normalized spacial score (nSPS) is 18.8. The molecule has 1 aromatic carbocycles. The highest BCUT2D eigenvalue weighted by Crippen LogP contribution is 2.44. The number of hydrogen-bond donors (Lipinski definition) is 1. The summed E-state index contributed by atoms with van der Waals surface area (Å²) in [5.41, 5.74) is 7.06. The van der Waals surface area contributed by atoms with Crippen molar-refractivity contribution in [1.82, 2.24) is 0 Å². The van der Waals surface area contributed by atoms with Crippen LogP contribution in [0, 0.1) is 0 Å². The first kappa shape index (κ1) is 9.81. The standard InChI is InChI=1S/C11H14ClNO/c1-14-10-8(4-2-5-9(10)12)11(13)6-3-7-11/h2,4-5H,3,6-7,13H2,1H3. The molecule has 0 spiro atoms. The highest BCUT2D eigenvalue weighted by Gasteiger charge is 2.37. The van der Waals surface area contributed by atoms with E-state index in [4.69, 9.17) is 22.1 Å². The maximum absolute atomic E-state index is 6.23. The first-order valence-electron chi connectivity index (χ1n) is 4.79. The van der Waals surface area contributed by atoms with Crippen molar-refractivity contribution in [3.63, 3.8) is 0 Å². The number of methoxy groups -OCH3 is 1. The Kier molecular flexibility index (Phi) is 2.41. The van der Waals surface area contributed by atoms with Gasteiger partial charge in [0.1, 0.15) is 5.75 Å². The third-order valence-electron chi connectivity index (χ3n) is 2.95. The van der Waals surface area contributed by atoms with Gasteiger partial charge in [-0.2, -0.15) is 0 Å². The topological polar surface area (TPSA) is 35.2 Å². The van der Waals surface area contributed by atoms with Crippen LogP contribution in [-0.2, 0) is 5.54 Å². The molecule has 0 radical (unpaired) electrons. The molecule has 0 aromatic heterocycles. The van der Waals surface area contributed by atoms with Crippen molar-refractivity contribution in [2.45, 2.75) is 24.8 Å². The van der Waals surface area contributed by atoms with E-state index >= 15 is 0 Å². The predicted molar refractivity (Wildman–Crippen MR) is 57.7 cm³/mol. The molecular weight excluding hydrogens is 198 g/mol. The lowest BCUT2D eigenvalue weighted by Crippen LogP contribution is -2.43. The lowest BCUT2D eigenvalue weighted by molar-refractivity contribution is 0.244. The minimum atomic E-state index is -0.212. The van der Waals surface area contributed by atoms with Crippen LogP contribution in [0.4, 0.5) is 0 Å². The molecule has 0 heterocycles. The Hall–Kier alpha value is -0.730. The van der Waals surface area contributed by atoms with Gasteiger partial charge in [-0.05, 0) is 25.3 Å². The minimum Gasteiger partial charge on any atom is -0.495 e. The molecule has 3 heteroatoms. The maximum Gasteiger partial charge on any atom is 0.142 e. The van der Waals surface area contributed by atoms with Crippen molar-refractivity contribution in [2.75, 3.05) is 7.11 Å². The van der Waals surface area contributed by atoms with E-state index in [-0.39, 0.29) is 5.54 Å². The number of nitrogens with two attached hydrogens (primary N) is 1. The summed E-state index contributed by atoms with van der Waals surface area (Å²) in [4.78, 5) is 0. The number of ether oxygens (including phenoxy) is 1. The summed E-state index contributed by atoms with van der Waals surface area (Å²) in [5, 5.41) is 0.640. The van der Waals surface area contributed by atoms with Gasteiger partial charge in [-0.1, -0.05) is 23.7 Å². The van der Waals surface area contributed by atoms with Gasteiger partial charge in [-0.15, -0.1) is 0 Å². The fourth-order valence-corrected chi connectivity index (χ4v) is 2.19. The first-order chi connectivity index (χ1) is 6.67. The Morgan fingerprint density at radius 2 is 2.14 bits per heavy atom. The largest absolute Gasteiger partial charge is 0.495 e. The zero-order valence-electron chi connectivity index (χ0n) is 8.22. The van der Waals surface area contributed by atoms with Gasteiger partial charge in [0.25, 0.3) is 0 Å². The molecule has 0 atom stereocenters. The second kappa shape index (κ2) is 3.44. The van der Waals surface area contributed by atoms with E-state index in [2.05, 4.69) is 0 Å². The SMILES string of the molecule is COc1c(Cl)cccc1C1(N)CCC1. The first-order valence-corrected chi connectivity index (χ1v) is 5.17. The molecule has 0 aliphatic heterocycles. The molecule has 0 amide bonds. The minimum absolute atomic E-state index is 0.212. The molecule has 1 saturated carbocycles. The van der Waals surface area contributed by atoms with Gasteiger partial charge >= 0.3 is 0 Å². The van der Waals surface area contributed by atoms with Gasteiger partial charge in [-0.3, -0.25) is 0 Å². The number of halogens is 1. The molecular formula is C11H14ClNO. The molecule has 1 aromatic rings. The fraction of sp³-hybridized carbons (Fsp3) is 0.455. The van der Waals surface area contributed by atoms with E-state index in [0.29, 0.717) is 5.02 Å². The van der Waals surface area contributed by atoms with Crippen molar-refractivity contribution in [3.05, 3.63) is 28.8 Å². The second-order valence-electron chi connectivity index (χ2n) is 3.83. The lowest BCUT2D eigenvalue weighted by Gasteiger charge is -2.39. The third-order valence-corrected chi connectivity index (χ3v) is 3.25. The van der Waals surface area contributed by atoms with E-state index in [1.165, 1.54) is 6.42 Å². The van der Waals surface area contributed by atoms with E-state index < -0.39 is 0 Å². The summed E-state index contributed by atoms with van der Waals surface area (Å²) < 4.78 is 5.29. The molecule has 1 aliphatic rings. The number of para-hydroxylation sites is 1. The number of benzene rings is 1. The van der Waals surface area contributed by atoms with Crippen LogP contribution in [-0.4, -0.2) is 7.11 Å². The molecule has 0 bridgehead atoms. The smallest absolute Gasteiger partial charge is 0.142 e. The van der Waals surface area contributed by atoms with Crippen LogP contribution < -0.4 is 10.5 Å². The summed E-state index contributed by atoms with van der Waals surface area (Å²) in [6.45, 7) is 0. The van der Waals surface area contributed by atoms with Crippen LogP contribution >= 0.6 is 11.6 Å². The Morgan fingerprint density at radius 1 is 1.43 bits per heavy atom. The number of hydrogen-bond acceptors (Lipinski definition) is 2. The molecule has 0 saturated heterocycles. The second-order valence-corrected chi connectivity index (χ2v) is 4.24. The van der Waals surface area contributed by atoms with Crippen LogP contribution in [0.5, 0.6) is 5.75 Å². The summed E-state index contributed by atoms with van der Waals surface area (Å²) in [7, 11) is 1.63. The zero-order chi connectivity index (χ0) is 10.2. The van der Waals surface area contributed by atoms with E-state index in [9.17, 15) is 0 Å². The van der Waals surface area contributed by atoms with Gasteiger partial charge in [-0.25, -0.2) is 0 Å². The lowest BCUT2D eigenvalue weighted by atomic mass is 9.72. The average Bonchev–Trinajstić information content (AvgIpc) is 2.14. The van der Waals surface area contributed by atoms with Crippen LogP contribution in [0.2, 0.25) is 5.02 Å². The average molecular weight is 212 g/mol. The Bertz CT molecular complexity index is 347. The highest BCUT2D eigenvalue weighted by molar-refractivity contribution is 6.32. The van der Waals surface area contributed by atoms with Crippen LogP contribution in [0.25, 0.3) is 0 Å². The Morgan fingerprint density at radius 3 is 2.64 bits per heavy atom. The number of rotatable bonds is 2. The molecule has 0 unspecified atom stereocenters. The van der Waals surface area contributed by atoms with Crippen molar-refractivity contribution >= 4 is 11.6 Å².